The Morgan fingerprint density at radius 1 is 1.23 bits per heavy atom. The lowest BCUT2D eigenvalue weighted by Gasteiger charge is -2.18. The monoisotopic (exact) mass is 467 g/mol. The van der Waals surface area contributed by atoms with Gasteiger partial charge in [0.1, 0.15) is 11.6 Å². The molecule has 0 fully saturated rings. The van der Waals surface area contributed by atoms with E-state index in [9.17, 15) is 31.9 Å². The molecule has 0 bridgehead atoms. The number of aromatic nitrogens is 2. The summed E-state index contributed by atoms with van der Waals surface area (Å²) in [4.78, 5) is 36.7. The number of hydrogen-bond donors (Lipinski definition) is 1. The zero-order chi connectivity index (χ0) is 23.0. The van der Waals surface area contributed by atoms with Gasteiger partial charge in [0.05, 0.1) is 16.0 Å². The van der Waals surface area contributed by atoms with Gasteiger partial charge in [0.15, 0.2) is 5.69 Å². The molecule has 2 N–H and O–H groups in total. The van der Waals surface area contributed by atoms with E-state index in [0.29, 0.717) is 6.42 Å². The number of benzene rings is 1. The second-order valence-electron chi connectivity index (χ2n) is 6.93. The number of nitrogens with zero attached hydrogens (tertiary/aromatic N) is 2. The first-order chi connectivity index (χ1) is 13.7. The van der Waals surface area contributed by atoms with Gasteiger partial charge in [0, 0.05) is 11.0 Å². The second kappa shape index (κ2) is 8.84. The van der Waals surface area contributed by atoms with Gasteiger partial charge in [-0.05, 0) is 31.4 Å². The van der Waals surface area contributed by atoms with Crippen LogP contribution in [-0.4, -0.2) is 20.3 Å². The van der Waals surface area contributed by atoms with Gasteiger partial charge in [-0.15, -0.1) is 11.8 Å². The molecule has 2 rings (SSSR count). The van der Waals surface area contributed by atoms with E-state index in [1.165, 1.54) is 6.92 Å². The van der Waals surface area contributed by atoms with E-state index in [4.69, 9.17) is 17.4 Å². The van der Waals surface area contributed by atoms with Crippen molar-refractivity contribution in [2.45, 2.75) is 43.5 Å². The highest BCUT2D eigenvalue weighted by molar-refractivity contribution is 8.00. The van der Waals surface area contributed by atoms with Gasteiger partial charge in [-0.1, -0.05) is 25.4 Å². The molecule has 0 aliphatic heterocycles. The lowest BCUT2D eigenvalue weighted by atomic mass is 10.1. The molecule has 0 aliphatic rings. The molecule has 1 heterocycles. The predicted molar refractivity (Wildman–Crippen MR) is 106 cm³/mol. The molecule has 0 radical (unpaired) electrons. The number of nitrogen functional groups attached to an aromatic ring is 1. The van der Waals surface area contributed by atoms with Crippen molar-refractivity contribution < 1.29 is 22.4 Å². The third-order valence-electron chi connectivity index (χ3n) is 4.08. The van der Waals surface area contributed by atoms with Crippen molar-refractivity contribution in [3.8, 4) is 5.69 Å². The first-order valence-electron chi connectivity index (χ1n) is 8.62. The number of carbonyl (C=O) groups excluding carboxylic acids is 1. The van der Waals surface area contributed by atoms with Crippen molar-refractivity contribution >= 4 is 29.1 Å². The second-order valence-corrected chi connectivity index (χ2v) is 8.59. The molecule has 164 valence electrons. The van der Waals surface area contributed by atoms with Crippen LogP contribution in [0.25, 0.3) is 5.69 Å². The Morgan fingerprint density at radius 3 is 2.33 bits per heavy atom. The standard InChI is InChI=1S/C18H18ClF4N3O3S/c1-8(2)4-13(9(3)27)30-14-6-12(11(20)5-10(14)19)25-16(28)7-15(18(21,22)23)26(24)17(25)29/h5-8,13H,4,24H2,1-3H3. The lowest BCUT2D eigenvalue weighted by Crippen LogP contribution is -2.45. The fourth-order valence-corrected chi connectivity index (χ4v) is 4.24. The van der Waals surface area contributed by atoms with Crippen LogP contribution in [0.5, 0.6) is 0 Å². The molecular weight excluding hydrogens is 450 g/mol. The Bertz CT molecular complexity index is 1100. The Labute approximate surface area is 177 Å². The molecule has 1 aromatic heterocycles. The summed E-state index contributed by atoms with van der Waals surface area (Å²) >= 11 is 7.06. The van der Waals surface area contributed by atoms with Crippen molar-refractivity contribution in [2.24, 2.45) is 5.92 Å². The fraction of sp³-hybridized carbons (Fsp3) is 0.389. The quantitative estimate of drug-likeness (QED) is 0.398. The summed E-state index contributed by atoms with van der Waals surface area (Å²) in [6, 6.07) is 1.95. The number of ketones is 1. The number of rotatable bonds is 6. The summed E-state index contributed by atoms with van der Waals surface area (Å²) in [6.07, 6.45) is -4.57. The van der Waals surface area contributed by atoms with Crippen LogP contribution in [0.1, 0.15) is 32.9 Å². The van der Waals surface area contributed by atoms with Crippen LogP contribution in [-0.2, 0) is 11.0 Å². The topological polar surface area (TPSA) is 87.1 Å². The maximum atomic E-state index is 14.5. The highest BCUT2D eigenvalue weighted by atomic mass is 35.5. The van der Waals surface area contributed by atoms with Gasteiger partial charge in [0.25, 0.3) is 5.56 Å². The molecule has 12 heteroatoms. The normalized spacial score (nSPS) is 13.0. The van der Waals surface area contributed by atoms with Crippen molar-refractivity contribution in [2.75, 3.05) is 5.84 Å². The number of nitrogens with two attached hydrogens (primary N) is 1. The van der Waals surface area contributed by atoms with Crippen molar-refractivity contribution in [1.82, 2.24) is 9.24 Å². The number of thioether (sulfide) groups is 1. The number of Topliss-reactive ketones (excluding diaryl/α,β-unsaturated/α-hetero) is 1. The number of halogens is 5. The van der Waals surface area contributed by atoms with Crippen LogP contribution in [0.4, 0.5) is 17.6 Å². The number of hydrogen-bond acceptors (Lipinski definition) is 5. The third kappa shape index (κ3) is 5.07. The predicted octanol–water partition coefficient (Wildman–Crippen LogP) is 3.62. The molecule has 0 amide bonds. The average Bonchev–Trinajstić information content (AvgIpc) is 2.59. The number of alkyl halides is 3. The van der Waals surface area contributed by atoms with Crippen LogP contribution in [0.3, 0.4) is 0 Å². The summed E-state index contributed by atoms with van der Waals surface area (Å²) < 4.78 is 53.3. The first kappa shape index (κ1) is 24.0. The van der Waals surface area contributed by atoms with Gasteiger partial charge in [-0.3, -0.25) is 9.59 Å². The maximum absolute atomic E-state index is 14.5. The minimum Gasteiger partial charge on any atom is -0.335 e. The minimum atomic E-state index is -5.06. The fourth-order valence-electron chi connectivity index (χ4n) is 2.65. The molecule has 0 saturated heterocycles. The summed E-state index contributed by atoms with van der Waals surface area (Å²) in [5, 5.41) is -0.611. The minimum absolute atomic E-state index is 0.0794. The molecule has 0 aliphatic carbocycles. The van der Waals surface area contributed by atoms with Crippen LogP contribution in [0, 0.1) is 11.7 Å². The Morgan fingerprint density at radius 2 is 1.83 bits per heavy atom. The largest absolute Gasteiger partial charge is 0.433 e. The van der Waals surface area contributed by atoms with Crippen molar-refractivity contribution in [1.29, 1.82) is 0 Å². The van der Waals surface area contributed by atoms with Gasteiger partial charge >= 0.3 is 11.9 Å². The van der Waals surface area contributed by atoms with Crippen LogP contribution < -0.4 is 17.1 Å². The average molecular weight is 468 g/mol. The summed E-state index contributed by atoms with van der Waals surface area (Å²) in [6.45, 7) is 5.19. The highest BCUT2D eigenvalue weighted by Gasteiger charge is 2.36. The molecule has 1 aromatic carbocycles. The van der Waals surface area contributed by atoms with E-state index in [0.717, 1.165) is 23.9 Å². The molecule has 6 nitrogen and oxygen atoms in total. The summed E-state index contributed by atoms with van der Waals surface area (Å²) in [5.74, 6) is 4.08. The lowest BCUT2D eigenvalue weighted by molar-refractivity contribution is -0.143. The SMILES string of the molecule is CC(=O)C(CC(C)C)Sc1cc(-n2c(=O)cc(C(F)(F)F)n(N)c2=O)c(F)cc1Cl. The van der Waals surface area contributed by atoms with E-state index in [2.05, 4.69) is 0 Å². The Balaban J connectivity index is 2.66. The van der Waals surface area contributed by atoms with Gasteiger partial charge in [-0.2, -0.15) is 13.2 Å². The molecular formula is C18H18ClF4N3O3S. The molecule has 0 spiro atoms. The number of carbonyl (C=O) groups is 1. The molecule has 0 saturated carbocycles. The van der Waals surface area contributed by atoms with E-state index < -0.39 is 39.9 Å². The smallest absolute Gasteiger partial charge is 0.335 e. The van der Waals surface area contributed by atoms with Gasteiger partial charge in [-0.25, -0.2) is 18.4 Å². The van der Waals surface area contributed by atoms with Crippen molar-refractivity contribution in [3.05, 3.63) is 55.6 Å². The van der Waals surface area contributed by atoms with E-state index >= 15 is 0 Å². The molecule has 30 heavy (non-hydrogen) atoms. The summed E-state index contributed by atoms with van der Waals surface area (Å²) in [5.41, 5.74) is -5.31. The maximum Gasteiger partial charge on any atom is 0.433 e. The Kier molecular flexibility index (Phi) is 7.08. The van der Waals surface area contributed by atoms with Gasteiger partial charge in [0.2, 0.25) is 0 Å². The Hall–Kier alpha value is -2.27. The molecule has 1 unspecified atom stereocenters. The van der Waals surface area contributed by atoms with Crippen LogP contribution >= 0.6 is 23.4 Å². The summed E-state index contributed by atoms with van der Waals surface area (Å²) in [7, 11) is 0. The molecule has 1 atom stereocenters. The van der Waals surface area contributed by atoms with Crippen LogP contribution in [0.2, 0.25) is 5.02 Å². The van der Waals surface area contributed by atoms with E-state index in [1.54, 1.807) is 0 Å². The van der Waals surface area contributed by atoms with E-state index in [-0.39, 0.29) is 36.9 Å². The third-order valence-corrected chi connectivity index (χ3v) is 5.90. The van der Waals surface area contributed by atoms with E-state index in [1.807, 2.05) is 13.8 Å². The van der Waals surface area contributed by atoms with Crippen molar-refractivity contribution in [3.63, 3.8) is 0 Å². The van der Waals surface area contributed by atoms with Gasteiger partial charge < -0.3 is 5.84 Å². The zero-order valence-corrected chi connectivity index (χ0v) is 17.7. The van der Waals surface area contributed by atoms with Crippen LogP contribution in [0.15, 0.2) is 32.7 Å². The molecule has 2 aromatic rings. The zero-order valence-electron chi connectivity index (χ0n) is 16.1. The highest BCUT2D eigenvalue weighted by Crippen LogP contribution is 2.36. The first-order valence-corrected chi connectivity index (χ1v) is 9.87.